The van der Waals surface area contributed by atoms with Gasteiger partial charge in [0, 0.05) is 19.3 Å². The molecular formula is C19H41NO2. The predicted octanol–water partition coefficient (Wildman–Crippen LogP) is 4.40. The van der Waals surface area contributed by atoms with Gasteiger partial charge in [0.2, 0.25) is 0 Å². The molecule has 3 nitrogen and oxygen atoms in total. The SMILES string of the molecule is CCCCCCCCCCCCC[C@@H](N)C(CCO)CCO. The Kier molecular flexibility index (Phi) is 17.1. The van der Waals surface area contributed by atoms with Gasteiger partial charge in [0.1, 0.15) is 0 Å². The van der Waals surface area contributed by atoms with Crippen molar-refractivity contribution in [1.29, 1.82) is 0 Å². The lowest BCUT2D eigenvalue weighted by molar-refractivity contribution is 0.195. The van der Waals surface area contributed by atoms with Gasteiger partial charge in [-0.3, -0.25) is 0 Å². The van der Waals surface area contributed by atoms with Crippen LogP contribution < -0.4 is 5.73 Å². The lowest BCUT2D eigenvalue weighted by Gasteiger charge is -2.22. The van der Waals surface area contributed by atoms with Crippen molar-refractivity contribution in [3.05, 3.63) is 0 Å². The largest absolute Gasteiger partial charge is 0.396 e. The van der Waals surface area contributed by atoms with Gasteiger partial charge < -0.3 is 15.9 Å². The standard InChI is InChI=1S/C19H41NO2/c1-2-3-4-5-6-7-8-9-10-11-12-13-19(20)18(14-16-21)15-17-22/h18-19,21-22H,2-17,20H2,1H3/t19-/m1/s1. The molecule has 0 aliphatic rings. The van der Waals surface area contributed by atoms with Crippen LogP contribution in [0, 0.1) is 5.92 Å². The number of hydrogen-bond donors (Lipinski definition) is 3. The second-order valence-corrected chi connectivity index (χ2v) is 6.77. The second kappa shape index (κ2) is 17.2. The topological polar surface area (TPSA) is 66.5 Å². The minimum Gasteiger partial charge on any atom is -0.396 e. The van der Waals surface area contributed by atoms with Gasteiger partial charge in [-0.15, -0.1) is 0 Å². The van der Waals surface area contributed by atoms with Crippen molar-refractivity contribution in [1.82, 2.24) is 0 Å². The van der Waals surface area contributed by atoms with Gasteiger partial charge in [-0.05, 0) is 25.2 Å². The summed E-state index contributed by atoms with van der Waals surface area (Å²) in [5.41, 5.74) is 6.19. The number of aliphatic hydroxyl groups excluding tert-OH is 2. The maximum absolute atomic E-state index is 9.04. The summed E-state index contributed by atoms with van der Waals surface area (Å²) in [6.45, 7) is 2.62. The number of aliphatic hydroxyl groups is 2. The average Bonchev–Trinajstić information content (AvgIpc) is 2.52. The summed E-state index contributed by atoms with van der Waals surface area (Å²) in [6, 6.07) is 0.137. The molecule has 0 rings (SSSR count). The fourth-order valence-corrected chi connectivity index (χ4v) is 3.18. The van der Waals surface area contributed by atoms with Crippen LogP contribution in [-0.4, -0.2) is 29.5 Å². The van der Waals surface area contributed by atoms with Crippen LogP contribution in [0.2, 0.25) is 0 Å². The van der Waals surface area contributed by atoms with Gasteiger partial charge >= 0.3 is 0 Å². The molecule has 0 aliphatic carbocycles. The monoisotopic (exact) mass is 315 g/mol. The van der Waals surface area contributed by atoms with Crippen molar-refractivity contribution >= 4 is 0 Å². The van der Waals surface area contributed by atoms with Gasteiger partial charge in [0.25, 0.3) is 0 Å². The molecule has 0 fully saturated rings. The molecule has 1 atom stereocenters. The zero-order valence-electron chi connectivity index (χ0n) is 14.9. The van der Waals surface area contributed by atoms with E-state index in [4.69, 9.17) is 15.9 Å². The summed E-state index contributed by atoms with van der Waals surface area (Å²) in [5, 5.41) is 18.1. The van der Waals surface area contributed by atoms with E-state index < -0.39 is 0 Å². The molecule has 0 saturated heterocycles. The molecule has 0 aromatic rings. The number of unbranched alkanes of at least 4 members (excludes halogenated alkanes) is 10. The van der Waals surface area contributed by atoms with Gasteiger partial charge in [0.15, 0.2) is 0 Å². The number of hydrogen-bond acceptors (Lipinski definition) is 3. The Hall–Kier alpha value is -0.120. The highest BCUT2D eigenvalue weighted by atomic mass is 16.3. The first-order valence-electron chi connectivity index (χ1n) is 9.73. The molecule has 0 heterocycles. The van der Waals surface area contributed by atoms with Crippen LogP contribution in [0.5, 0.6) is 0 Å². The molecule has 0 radical (unpaired) electrons. The summed E-state index contributed by atoms with van der Waals surface area (Å²) in [7, 11) is 0. The third-order valence-corrected chi connectivity index (χ3v) is 4.75. The van der Waals surface area contributed by atoms with Crippen LogP contribution in [0.25, 0.3) is 0 Å². The molecular weight excluding hydrogens is 274 g/mol. The molecule has 0 spiro atoms. The van der Waals surface area contributed by atoms with Crippen LogP contribution in [0.15, 0.2) is 0 Å². The molecule has 4 N–H and O–H groups in total. The van der Waals surface area contributed by atoms with Crippen molar-refractivity contribution in [2.45, 2.75) is 103 Å². The minimum atomic E-state index is 0.137. The molecule has 22 heavy (non-hydrogen) atoms. The van der Waals surface area contributed by atoms with E-state index >= 15 is 0 Å². The molecule has 0 amide bonds. The molecule has 0 aliphatic heterocycles. The first kappa shape index (κ1) is 21.9. The predicted molar refractivity (Wildman–Crippen MR) is 95.9 cm³/mol. The molecule has 0 aromatic heterocycles. The van der Waals surface area contributed by atoms with Crippen molar-refractivity contribution in [2.24, 2.45) is 11.7 Å². The first-order valence-corrected chi connectivity index (χ1v) is 9.73. The minimum absolute atomic E-state index is 0.137. The normalized spacial score (nSPS) is 13.0. The summed E-state index contributed by atoms with van der Waals surface area (Å²) < 4.78 is 0. The highest BCUT2D eigenvalue weighted by Crippen LogP contribution is 2.18. The maximum Gasteiger partial charge on any atom is 0.0434 e. The van der Waals surface area contributed by atoms with E-state index in [9.17, 15) is 0 Å². The van der Waals surface area contributed by atoms with Crippen LogP contribution in [0.3, 0.4) is 0 Å². The second-order valence-electron chi connectivity index (χ2n) is 6.77. The third kappa shape index (κ3) is 13.5. The first-order chi connectivity index (χ1) is 10.8. The highest BCUT2D eigenvalue weighted by Gasteiger charge is 2.16. The molecule has 3 heteroatoms. The van der Waals surface area contributed by atoms with Crippen molar-refractivity contribution < 1.29 is 10.2 Å². The fourth-order valence-electron chi connectivity index (χ4n) is 3.18. The molecule has 134 valence electrons. The van der Waals surface area contributed by atoms with Gasteiger partial charge in [-0.1, -0.05) is 77.6 Å². The van der Waals surface area contributed by atoms with Crippen molar-refractivity contribution in [2.75, 3.05) is 13.2 Å². The summed E-state index contributed by atoms with van der Waals surface area (Å²) >= 11 is 0. The van der Waals surface area contributed by atoms with Gasteiger partial charge in [-0.25, -0.2) is 0 Å². The molecule has 0 saturated carbocycles. The van der Waals surface area contributed by atoms with Gasteiger partial charge in [0.05, 0.1) is 0 Å². The summed E-state index contributed by atoms with van der Waals surface area (Å²) in [6.07, 6.45) is 17.4. The Morgan fingerprint density at radius 1 is 0.636 bits per heavy atom. The lowest BCUT2D eigenvalue weighted by Crippen LogP contribution is -2.31. The Bertz CT molecular complexity index is 206. The van der Waals surface area contributed by atoms with Gasteiger partial charge in [-0.2, -0.15) is 0 Å². The van der Waals surface area contributed by atoms with E-state index in [0.717, 1.165) is 19.3 Å². The van der Waals surface area contributed by atoms with Crippen molar-refractivity contribution in [3.63, 3.8) is 0 Å². The Morgan fingerprint density at radius 3 is 1.45 bits per heavy atom. The van der Waals surface area contributed by atoms with E-state index in [-0.39, 0.29) is 25.2 Å². The zero-order valence-corrected chi connectivity index (χ0v) is 14.9. The third-order valence-electron chi connectivity index (χ3n) is 4.75. The number of nitrogens with two attached hydrogens (primary N) is 1. The summed E-state index contributed by atoms with van der Waals surface area (Å²) in [4.78, 5) is 0. The average molecular weight is 316 g/mol. The van der Waals surface area contributed by atoms with E-state index in [2.05, 4.69) is 6.92 Å². The Balaban J connectivity index is 3.37. The molecule has 0 bridgehead atoms. The highest BCUT2D eigenvalue weighted by molar-refractivity contribution is 4.72. The number of rotatable bonds is 17. The quantitative estimate of drug-likeness (QED) is 0.349. The molecule has 0 aromatic carbocycles. The smallest absolute Gasteiger partial charge is 0.0434 e. The van der Waals surface area contributed by atoms with E-state index in [1.54, 1.807) is 0 Å². The Labute approximate surface area is 138 Å². The summed E-state index contributed by atoms with van der Waals surface area (Å²) in [5.74, 6) is 0.276. The van der Waals surface area contributed by atoms with E-state index in [1.807, 2.05) is 0 Å². The Morgan fingerprint density at radius 2 is 1.05 bits per heavy atom. The van der Waals surface area contributed by atoms with E-state index in [0.29, 0.717) is 0 Å². The fraction of sp³-hybridized carbons (Fsp3) is 1.00. The van der Waals surface area contributed by atoms with Crippen LogP contribution in [0.1, 0.15) is 96.8 Å². The van der Waals surface area contributed by atoms with Crippen LogP contribution >= 0.6 is 0 Å². The lowest BCUT2D eigenvalue weighted by atomic mass is 9.90. The van der Waals surface area contributed by atoms with Crippen LogP contribution in [-0.2, 0) is 0 Å². The van der Waals surface area contributed by atoms with Crippen molar-refractivity contribution in [3.8, 4) is 0 Å². The molecule has 0 unspecified atom stereocenters. The zero-order chi connectivity index (χ0) is 16.5. The maximum atomic E-state index is 9.04. The van der Waals surface area contributed by atoms with Crippen LogP contribution in [0.4, 0.5) is 0 Å². The van der Waals surface area contributed by atoms with E-state index in [1.165, 1.54) is 70.6 Å².